The Labute approximate surface area is 103 Å². The van der Waals surface area contributed by atoms with Crippen molar-refractivity contribution in [3.05, 3.63) is 47.5 Å². The fraction of sp³-hybridized carbons (Fsp3) is 0.167. The van der Waals surface area contributed by atoms with E-state index < -0.39 is 5.82 Å². The third-order valence-electron chi connectivity index (χ3n) is 2.63. The van der Waals surface area contributed by atoms with Gasteiger partial charge in [0.1, 0.15) is 5.82 Å². The average molecular weight is 248 g/mol. The van der Waals surface area contributed by atoms with Crippen LogP contribution in [0.5, 0.6) is 0 Å². The molecule has 2 rings (SSSR count). The third-order valence-corrected chi connectivity index (χ3v) is 2.63. The Bertz CT molecular complexity index is 553. The molecule has 1 unspecified atom stereocenters. The van der Waals surface area contributed by atoms with E-state index >= 15 is 0 Å². The van der Waals surface area contributed by atoms with E-state index in [4.69, 9.17) is 5.73 Å². The maximum atomic E-state index is 13.2. The van der Waals surface area contributed by atoms with Crippen LogP contribution in [0.2, 0.25) is 0 Å². The van der Waals surface area contributed by atoms with Crippen LogP contribution in [0.15, 0.2) is 30.6 Å². The summed E-state index contributed by atoms with van der Waals surface area (Å²) < 4.78 is 13.2. The number of nitrogens with zero attached hydrogens (tertiary/aromatic N) is 1. The van der Waals surface area contributed by atoms with Gasteiger partial charge in [0.05, 0.1) is 17.9 Å². The van der Waals surface area contributed by atoms with E-state index in [1.165, 1.54) is 12.1 Å². The van der Waals surface area contributed by atoms with Gasteiger partial charge in [0, 0.05) is 17.3 Å². The molecule has 0 saturated heterocycles. The van der Waals surface area contributed by atoms with Crippen molar-refractivity contribution in [3.8, 4) is 0 Å². The predicted octanol–water partition coefficient (Wildman–Crippen LogP) is 1.62. The van der Waals surface area contributed by atoms with Crippen LogP contribution in [-0.4, -0.2) is 16.1 Å². The number of H-pyrrole nitrogens is 1. The number of hydrogen-bond donors (Lipinski definition) is 3. The Morgan fingerprint density at radius 3 is 2.94 bits per heavy atom. The van der Waals surface area contributed by atoms with E-state index in [0.29, 0.717) is 0 Å². The lowest BCUT2D eigenvalue weighted by molar-refractivity contribution is 0.0939. The van der Waals surface area contributed by atoms with E-state index in [9.17, 15) is 9.18 Å². The second-order valence-electron chi connectivity index (χ2n) is 3.96. The van der Waals surface area contributed by atoms with E-state index in [2.05, 4.69) is 15.5 Å². The fourth-order valence-electron chi connectivity index (χ4n) is 1.53. The lowest BCUT2D eigenvalue weighted by Gasteiger charge is -2.12. The molecule has 1 amide bonds. The second-order valence-corrected chi connectivity index (χ2v) is 3.96. The third kappa shape index (κ3) is 2.48. The fourth-order valence-corrected chi connectivity index (χ4v) is 1.53. The Morgan fingerprint density at radius 2 is 2.33 bits per heavy atom. The number of nitrogens with one attached hydrogen (secondary N) is 2. The Hall–Kier alpha value is -2.37. The molecule has 6 heteroatoms. The molecule has 0 aliphatic carbocycles. The molecule has 18 heavy (non-hydrogen) atoms. The highest BCUT2D eigenvalue weighted by Gasteiger charge is 2.13. The Kier molecular flexibility index (Phi) is 3.27. The number of rotatable bonds is 3. The van der Waals surface area contributed by atoms with Gasteiger partial charge in [-0.15, -0.1) is 0 Å². The van der Waals surface area contributed by atoms with Crippen molar-refractivity contribution in [1.29, 1.82) is 0 Å². The van der Waals surface area contributed by atoms with Crippen LogP contribution in [0, 0.1) is 5.82 Å². The molecule has 1 atom stereocenters. The summed E-state index contributed by atoms with van der Waals surface area (Å²) in [6.07, 6.45) is 3.31. The lowest BCUT2D eigenvalue weighted by atomic mass is 10.1. The van der Waals surface area contributed by atoms with Crippen LogP contribution in [0.3, 0.4) is 0 Å². The average Bonchev–Trinajstić information content (AvgIpc) is 2.86. The zero-order valence-electron chi connectivity index (χ0n) is 9.77. The van der Waals surface area contributed by atoms with Crippen molar-refractivity contribution in [2.75, 3.05) is 5.73 Å². The van der Waals surface area contributed by atoms with Gasteiger partial charge < -0.3 is 11.1 Å². The minimum absolute atomic E-state index is 0.0226. The molecule has 5 nitrogen and oxygen atoms in total. The van der Waals surface area contributed by atoms with Crippen LogP contribution in [0.25, 0.3) is 0 Å². The Balaban J connectivity index is 2.10. The number of carbonyl (C=O) groups is 1. The smallest absolute Gasteiger partial charge is 0.251 e. The number of benzene rings is 1. The van der Waals surface area contributed by atoms with Crippen molar-refractivity contribution >= 4 is 11.6 Å². The molecule has 0 spiro atoms. The Morgan fingerprint density at radius 1 is 1.56 bits per heavy atom. The minimum atomic E-state index is -0.599. The number of aromatic amines is 1. The maximum absolute atomic E-state index is 13.2. The predicted molar refractivity (Wildman–Crippen MR) is 65.3 cm³/mol. The van der Waals surface area contributed by atoms with Crippen molar-refractivity contribution < 1.29 is 9.18 Å². The van der Waals surface area contributed by atoms with Crippen LogP contribution in [0.1, 0.15) is 28.9 Å². The molecule has 1 aromatic carbocycles. The molecular formula is C12H13FN4O. The van der Waals surface area contributed by atoms with Gasteiger partial charge in [-0.05, 0) is 25.1 Å². The molecule has 1 aromatic heterocycles. The number of hydrogen-bond acceptors (Lipinski definition) is 3. The van der Waals surface area contributed by atoms with Crippen molar-refractivity contribution in [1.82, 2.24) is 15.5 Å². The number of halogens is 1. The SMILES string of the molecule is CC(NC(=O)c1ccc(N)c(F)c1)c1cn[nH]c1. The molecule has 2 aromatic rings. The quantitative estimate of drug-likeness (QED) is 0.722. The summed E-state index contributed by atoms with van der Waals surface area (Å²) in [5, 5.41) is 9.20. The maximum Gasteiger partial charge on any atom is 0.251 e. The number of anilines is 1. The van der Waals surface area contributed by atoms with E-state index in [1.807, 2.05) is 6.92 Å². The number of amides is 1. The summed E-state index contributed by atoms with van der Waals surface area (Å²) in [6, 6.07) is 3.76. The van der Waals surface area contributed by atoms with Crippen LogP contribution < -0.4 is 11.1 Å². The topological polar surface area (TPSA) is 83.8 Å². The van der Waals surface area contributed by atoms with E-state index in [-0.39, 0.29) is 23.2 Å². The van der Waals surface area contributed by atoms with Gasteiger partial charge in [0.15, 0.2) is 0 Å². The lowest BCUT2D eigenvalue weighted by Crippen LogP contribution is -2.26. The largest absolute Gasteiger partial charge is 0.396 e. The van der Waals surface area contributed by atoms with Crippen LogP contribution in [-0.2, 0) is 0 Å². The number of nitrogen functional groups attached to an aromatic ring is 1. The molecule has 94 valence electrons. The molecule has 0 aliphatic heterocycles. The highest BCUT2D eigenvalue weighted by atomic mass is 19.1. The van der Waals surface area contributed by atoms with Crippen molar-refractivity contribution in [3.63, 3.8) is 0 Å². The standard InChI is InChI=1S/C12H13FN4O/c1-7(9-5-15-16-6-9)17-12(18)8-2-3-11(14)10(13)4-8/h2-7H,14H2,1H3,(H,15,16)(H,17,18). The summed E-state index contributed by atoms with van der Waals surface area (Å²) in [7, 11) is 0. The number of carbonyl (C=O) groups excluding carboxylic acids is 1. The van der Waals surface area contributed by atoms with Gasteiger partial charge in [0.25, 0.3) is 5.91 Å². The highest BCUT2D eigenvalue weighted by Crippen LogP contribution is 2.14. The second kappa shape index (κ2) is 4.87. The number of nitrogens with two attached hydrogens (primary N) is 1. The van der Waals surface area contributed by atoms with E-state index in [1.54, 1.807) is 12.4 Å². The molecular weight excluding hydrogens is 235 g/mol. The molecule has 1 heterocycles. The first kappa shape index (κ1) is 12.1. The molecule has 0 saturated carbocycles. The zero-order chi connectivity index (χ0) is 13.1. The molecule has 0 bridgehead atoms. The molecule has 0 aliphatic rings. The summed E-state index contributed by atoms with van der Waals surface area (Å²) in [5.41, 5.74) is 6.45. The van der Waals surface area contributed by atoms with Gasteiger partial charge in [0.2, 0.25) is 0 Å². The monoisotopic (exact) mass is 248 g/mol. The van der Waals surface area contributed by atoms with Crippen LogP contribution >= 0.6 is 0 Å². The van der Waals surface area contributed by atoms with Crippen molar-refractivity contribution in [2.24, 2.45) is 0 Å². The van der Waals surface area contributed by atoms with Gasteiger partial charge in [-0.1, -0.05) is 0 Å². The van der Waals surface area contributed by atoms with Gasteiger partial charge >= 0.3 is 0 Å². The molecule has 0 fully saturated rings. The summed E-state index contributed by atoms with van der Waals surface area (Å²) in [6.45, 7) is 1.82. The van der Waals surface area contributed by atoms with Gasteiger partial charge in [-0.25, -0.2) is 4.39 Å². The van der Waals surface area contributed by atoms with Gasteiger partial charge in [-0.2, -0.15) is 5.10 Å². The summed E-state index contributed by atoms with van der Waals surface area (Å²) in [5.74, 6) is -0.957. The molecule has 0 radical (unpaired) electrons. The highest BCUT2D eigenvalue weighted by molar-refractivity contribution is 5.94. The summed E-state index contributed by atoms with van der Waals surface area (Å²) in [4.78, 5) is 11.9. The van der Waals surface area contributed by atoms with Gasteiger partial charge in [-0.3, -0.25) is 9.89 Å². The molecule has 4 N–H and O–H groups in total. The first-order valence-corrected chi connectivity index (χ1v) is 5.42. The minimum Gasteiger partial charge on any atom is -0.396 e. The van der Waals surface area contributed by atoms with Crippen molar-refractivity contribution in [2.45, 2.75) is 13.0 Å². The first-order chi connectivity index (χ1) is 8.58. The first-order valence-electron chi connectivity index (χ1n) is 5.42. The summed E-state index contributed by atoms with van der Waals surface area (Å²) >= 11 is 0. The number of aromatic nitrogens is 2. The normalized spacial score (nSPS) is 12.1. The van der Waals surface area contributed by atoms with E-state index in [0.717, 1.165) is 11.6 Å². The zero-order valence-corrected chi connectivity index (χ0v) is 9.77. The van der Waals surface area contributed by atoms with Crippen LogP contribution in [0.4, 0.5) is 10.1 Å².